The second-order valence-corrected chi connectivity index (χ2v) is 6.38. The zero-order chi connectivity index (χ0) is 17.5. The third-order valence-electron chi connectivity index (χ3n) is 4.61. The smallest absolute Gasteiger partial charge is 0.247 e. The minimum Gasteiger partial charge on any atom is -0.361 e. The number of para-hydroxylation sites is 1. The normalized spacial score (nSPS) is 11.3. The monoisotopic (exact) mass is 339 g/mol. The van der Waals surface area contributed by atoms with Gasteiger partial charge in [0.05, 0.1) is 0 Å². The fraction of sp³-hybridized carbons (Fsp3) is 0.0476. The van der Waals surface area contributed by atoms with Crippen molar-refractivity contribution in [3.8, 4) is 11.1 Å². The van der Waals surface area contributed by atoms with Crippen molar-refractivity contribution in [3.63, 3.8) is 0 Å². The van der Waals surface area contributed by atoms with Gasteiger partial charge < -0.3 is 10.3 Å². The Morgan fingerprint density at radius 3 is 2.77 bits per heavy atom. The van der Waals surface area contributed by atoms with Gasteiger partial charge in [0, 0.05) is 29.2 Å². The Bertz CT molecular complexity index is 1230. The Hall–Kier alpha value is -3.60. The number of aromatic nitrogens is 4. The highest BCUT2D eigenvalue weighted by atomic mass is 15.3. The van der Waals surface area contributed by atoms with Gasteiger partial charge in [-0.2, -0.15) is 4.98 Å². The molecular weight excluding hydrogens is 322 g/mol. The minimum absolute atomic E-state index is 0.595. The molecule has 2 N–H and O–H groups in total. The van der Waals surface area contributed by atoms with Crippen LogP contribution in [-0.2, 0) is 0 Å². The van der Waals surface area contributed by atoms with E-state index in [0.29, 0.717) is 5.95 Å². The number of nitrogens with zero attached hydrogens (tertiary/aromatic N) is 3. The number of hydrogen-bond donors (Lipinski definition) is 2. The van der Waals surface area contributed by atoms with E-state index in [1.807, 2.05) is 41.2 Å². The molecule has 3 heterocycles. The van der Waals surface area contributed by atoms with Gasteiger partial charge >= 0.3 is 0 Å². The maximum atomic E-state index is 4.58. The van der Waals surface area contributed by atoms with Gasteiger partial charge in [-0.25, -0.2) is 4.52 Å². The van der Waals surface area contributed by atoms with Crippen molar-refractivity contribution in [1.29, 1.82) is 0 Å². The molecule has 0 saturated heterocycles. The third-order valence-corrected chi connectivity index (χ3v) is 4.61. The molecule has 0 unspecified atom stereocenters. The molecule has 0 radical (unpaired) electrons. The first-order valence-corrected chi connectivity index (χ1v) is 8.53. The van der Waals surface area contributed by atoms with Crippen molar-refractivity contribution in [2.24, 2.45) is 0 Å². The number of benzene rings is 2. The van der Waals surface area contributed by atoms with Gasteiger partial charge in [-0.15, -0.1) is 5.10 Å². The van der Waals surface area contributed by atoms with Crippen molar-refractivity contribution in [1.82, 2.24) is 19.6 Å². The van der Waals surface area contributed by atoms with E-state index >= 15 is 0 Å². The van der Waals surface area contributed by atoms with E-state index in [2.05, 4.69) is 63.7 Å². The number of aryl methyl sites for hydroxylation is 1. The van der Waals surface area contributed by atoms with Gasteiger partial charge in [0.2, 0.25) is 5.95 Å². The second-order valence-electron chi connectivity index (χ2n) is 6.38. The Morgan fingerprint density at radius 2 is 1.85 bits per heavy atom. The molecule has 126 valence electrons. The van der Waals surface area contributed by atoms with Gasteiger partial charge in [0.25, 0.3) is 0 Å². The van der Waals surface area contributed by atoms with Crippen LogP contribution >= 0.6 is 0 Å². The van der Waals surface area contributed by atoms with Crippen molar-refractivity contribution in [3.05, 3.63) is 78.6 Å². The van der Waals surface area contributed by atoms with E-state index in [0.717, 1.165) is 33.5 Å². The van der Waals surface area contributed by atoms with Gasteiger partial charge in [0.1, 0.15) is 0 Å². The highest BCUT2D eigenvalue weighted by molar-refractivity contribution is 5.85. The third kappa shape index (κ3) is 2.50. The van der Waals surface area contributed by atoms with Crippen LogP contribution in [0.2, 0.25) is 0 Å². The molecule has 5 aromatic rings. The van der Waals surface area contributed by atoms with Crippen LogP contribution < -0.4 is 5.32 Å². The molecule has 0 spiro atoms. The second kappa shape index (κ2) is 5.74. The molecule has 0 bridgehead atoms. The van der Waals surface area contributed by atoms with Crippen LogP contribution in [-0.4, -0.2) is 19.6 Å². The Morgan fingerprint density at radius 1 is 0.962 bits per heavy atom. The molecule has 5 nitrogen and oxygen atoms in total. The number of fused-ring (bicyclic) bond motifs is 2. The first kappa shape index (κ1) is 14.7. The Balaban J connectivity index is 1.52. The van der Waals surface area contributed by atoms with E-state index in [4.69, 9.17) is 0 Å². The number of rotatable bonds is 3. The SMILES string of the molecule is Cc1ccccc1Nc1nc2ccc(-c3ccc4[nH]ccc4c3)cn2n1. The lowest BCUT2D eigenvalue weighted by Gasteiger charge is -2.04. The summed E-state index contributed by atoms with van der Waals surface area (Å²) in [6, 6.07) is 20.7. The molecule has 5 heteroatoms. The minimum atomic E-state index is 0.595. The molecule has 0 saturated carbocycles. The lowest BCUT2D eigenvalue weighted by atomic mass is 10.1. The molecular formula is C21H17N5. The lowest BCUT2D eigenvalue weighted by Crippen LogP contribution is -1.95. The van der Waals surface area contributed by atoms with E-state index in [1.54, 1.807) is 0 Å². The summed E-state index contributed by atoms with van der Waals surface area (Å²) in [5.41, 5.74) is 6.39. The summed E-state index contributed by atoms with van der Waals surface area (Å²) in [6.45, 7) is 2.06. The number of H-pyrrole nitrogens is 1. The van der Waals surface area contributed by atoms with Crippen LogP contribution in [0.15, 0.2) is 73.1 Å². The molecule has 2 aromatic carbocycles. The van der Waals surface area contributed by atoms with Gasteiger partial charge in [0.15, 0.2) is 5.65 Å². The summed E-state index contributed by atoms with van der Waals surface area (Å²) in [5, 5.41) is 9.07. The number of anilines is 2. The molecule has 0 aliphatic rings. The quantitative estimate of drug-likeness (QED) is 0.490. The summed E-state index contributed by atoms with van der Waals surface area (Å²) in [7, 11) is 0. The summed E-state index contributed by atoms with van der Waals surface area (Å²) in [6.07, 6.45) is 3.97. The average Bonchev–Trinajstić information content (AvgIpc) is 3.28. The number of nitrogens with one attached hydrogen (secondary N) is 2. The number of hydrogen-bond acceptors (Lipinski definition) is 3. The molecule has 0 amide bonds. The first-order chi connectivity index (χ1) is 12.8. The summed E-state index contributed by atoms with van der Waals surface area (Å²) < 4.78 is 1.82. The van der Waals surface area contributed by atoms with Crippen LogP contribution in [0.25, 0.3) is 27.7 Å². The largest absolute Gasteiger partial charge is 0.361 e. The molecule has 0 aliphatic carbocycles. The Labute approximate surface area is 150 Å². The summed E-state index contributed by atoms with van der Waals surface area (Å²) in [5.74, 6) is 0.595. The number of aromatic amines is 1. The highest BCUT2D eigenvalue weighted by Gasteiger charge is 2.07. The van der Waals surface area contributed by atoms with Crippen LogP contribution in [0, 0.1) is 6.92 Å². The van der Waals surface area contributed by atoms with Crippen LogP contribution in [0.5, 0.6) is 0 Å². The van der Waals surface area contributed by atoms with Gasteiger partial charge in [-0.1, -0.05) is 24.3 Å². The van der Waals surface area contributed by atoms with E-state index in [-0.39, 0.29) is 0 Å². The standard InChI is InChI=1S/C21H17N5/c1-14-4-2-3-5-18(14)23-21-24-20-9-7-17(13-26(20)25-21)15-6-8-19-16(12-15)10-11-22-19/h2-13,22H,1H3,(H,23,25). The Kier molecular flexibility index (Phi) is 3.25. The van der Waals surface area contributed by atoms with E-state index in [9.17, 15) is 0 Å². The van der Waals surface area contributed by atoms with Crippen LogP contribution in [0.3, 0.4) is 0 Å². The maximum absolute atomic E-state index is 4.58. The average molecular weight is 339 g/mol. The first-order valence-electron chi connectivity index (χ1n) is 8.53. The fourth-order valence-electron chi connectivity index (χ4n) is 3.17. The van der Waals surface area contributed by atoms with Crippen molar-refractivity contribution >= 4 is 28.2 Å². The van der Waals surface area contributed by atoms with Gasteiger partial charge in [-0.3, -0.25) is 0 Å². The zero-order valence-electron chi connectivity index (χ0n) is 14.3. The molecule has 0 fully saturated rings. The van der Waals surface area contributed by atoms with Crippen LogP contribution in [0.4, 0.5) is 11.6 Å². The maximum Gasteiger partial charge on any atom is 0.247 e. The predicted octanol–water partition coefficient (Wildman–Crippen LogP) is 4.93. The molecule has 3 aromatic heterocycles. The summed E-state index contributed by atoms with van der Waals surface area (Å²) in [4.78, 5) is 7.78. The van der Waals surface area contributed by atoms with Crippen molar-refractivity contribution in [2.75, 3.05) is 5.32 Å². The molecule has 26 heavy (non-hydrogen) atoms. The van der Waals surface area contributed by atoms with Crippen molar-refractivity contribution < 1.29 is 0 Å². The van der Waals surface area contributed by atoms with Crippen molar-refractivity contribution in [2.45, 2.75) is 6.92 Å². The molecule has 0 aliphatic heterocycles. The molecule has 0 atom stereocenters. The summed E-state index contributed by atoms with van der Waals surface area (Å²) >= 11 is 0. The van der Waals surface area contributed by atoms with E-state index < -0.39 is 0 Å². The predicted molar refractivity (Wildman–Crippen MR) is 105 cm³/mol. The lowest BCUT2D eigenvalue weighted by molar-refractivity contribution is 0.966. The topological polar surface area (TPSA) is 58.0 Å². The van der Waals surface area contributed by atoms with E-state index in [1.165, 1.54) is 5.39 Å². The molecule has 5 rings (SSSR count). The zero-order valence-corrected chi connectivity index (χ0v) is 14.3. The number of pyridine rings is 1. The van der Waals surface area contributed by atoms with Crippen LogP contribution in [0.1, 0.15) is 5.56 Å². The fourth-order valence-corrected chi connectivity index (χ4v) is 3.17. The highest BCUT2D eigenvalue weighted by Crippen LogP contribution is 2.25. The van der Waals surface area contributed by atoms with Gasteiger partial charge in [-0.05, 0) is 59.8 Å².